The Balaban J connectivity index is 2.28. The van der Waals surface area contributed by atoms with Crippen molar-refractivity contribution in [1.82, 2.24) is 10.2 Å². The number of carbonyl (C=O) groups excluding carboxylic acids is 2. The standard InChI is InChI=1S/C21H23FN2O4/c1-13-4-6-16(7-5-13)17-8-9-18(19(22)12-17)20(26)24(14(2)21(27)28)11-10-23-15(3)25/h4-9,12,14H,10-11H2,1-3H3,(H,23,25)(H,27,28). The third-order valence-corrected chi connectivity index (χ3v) is 4.40. The van der Waals surface area contributed by atoms with Crippen LogP contribution in [0.1, 0.15) is 29.8 Å². The second kappa shape index (κ2) is 9.12. The van der Waals surface area contributed by atoms with Gasteiger partial charge >= 0.3 is 5.97 Å². The monoisotopic (exact) mass is 386 g/mol. The maximum atomic E-state index is 14.7. The molecule has 0 saturated heterocycles. The van der Waals surface area contributed by atoms with E-state index in [1.165, 1.54) is 26.0 Å². The third kappa shape index (κ3) is 5.16. The van der Waals surface area contributed by atoms with Gasteiger partial charge in [-0.15, -0.1) is 0 Å². The number of aliphatic carboxylic acids is 1. The molecule has 148 valence electrons. The Bertz CT molecular complexity index is 880. The summed E-state index contributed by atoms with van der Waals surface area (Å²) in [5, 5.41) is 11.8. The average molecular weight is 386 g/mol. The quantitative estimate of drug-likeness (QED) is 0.766. The molecule has 0 aliphatic rings. The Morgan fingerprint density at radius 2 is 1.71 bits per heavy atom. The fourth-order valence-electron chi connectivity index (χ4n) is 2.73. The normalized spacial score (nSPS) is 11.6. The van der Waals surface area contributed by atoms with Crippen LogP contribution in [0.25, 0.3) is 11.1 Å². The number of hydrogen-bond donors (Lipinski definition) is 2. The molecule has 7 heteroatoms. The Hall–Kier alpha value is -3.22. The van der Waals surface area contributed by atoms with Crippen molar-refractivity contribution in [2.45, 2.75) is 26.8 Å². The zero-order chi connectivity index (χ0) is 20.8. The Kier molecular flexibility index (Phi) is 6.87. The highest BCUT2D eigenvalue weighted by atomic mass is 19.1. The largest absolute Gasteiger partial charge is 0.480 e. The van der Waals surface area contributed by atoms with E-state index in [-0.39, 0.29) is 24.6 Å². The Labute approximate surface area is 163 Å². The molecule has 2 amide bonds. The van der Waals surface area contributed by atoms with E-state index in [1.807, 2.05) is 31.2 Å². The molecule has 1 unspecified atom stereocenters. The molecule has 6 nitrogen and oxygen atoms in total. The van der Waals surface area contributed by atoms with Crippen molar-refractivity contribution in [3.8, 4) is 11.1 Å². The summed E-state index contributed by atoms with van der Waals surface area (Å²) in [5.41, 5.74) is 2.29. The number of halogens is 1. The molecule has 0 heterocycles. The molecule has 0 fully saturated rings. The van der Waals surface area contributed by atoms with Gasteiger partial charge in [-0.3, -0.25) is 9.59 Å². The van der Waals surface area contributed by atoms with Gasteiger partial charge in [-0.2, -0.15) is 0 Å². The topological polar surface area (TPSA) is 86.7 Å². The van der Waals surface area contributed by atoms with E-state index in [1.54, 1.807) is 6.07 Å². The minimum atomic E-state index is -1.21. The smallest absolute Gasteiger partial charge is 0.326 e. The summed E-state index contributed by atoms with van der Waals surface area (Å²) < 4.78 is 14.7. The molecular weight excluding hydrogens is 363 g/mol. The molecule has 0 aromatic heterocycles. The van der Waals surface area contributed by atoms with Crippen LogP contribution in [0.4, 0.5) is 4.39 Å². The number of carbonyl (C=O) groups is 3. The highest BCUT2D eigenvalue weighted by Gasteiger charge is 2.28. The van der Waals surface area contributed by atoms with Gasteiger partial charge in [0.25, 0.3) is 5.91 Å². The summed E-state index contributed by atoms with van der Waals surface area (Å²) >= 11 is 0. The number of nitrogens with one attached hydrogen (secondary N) is 1. The van der Waals surface area contributed by atoms with Crippen molar-refractivity contribution in [2.24, 2.45) is 0 Å². The molecule has 0 aliphatic carbocycles. The first kappa shape index (κ1) is 21.1. The van der Waals surface area contributed by atoms with Crippen molar-refractivity contribution in [3.63, 3.8) is 0 Å². The van der Waals surface area contributed by atoms with Crippen molar-refractivity contribution in [2.75, 3.05) is 13.1 Å². The number of benzene rings is 2. The van der Waals surface area contributed by atoms with E-state index in [4.69, 9.17) is 0 Å². The number of carboxylic acid groups (broad SMARTS) is 1. The average Bonchev–Trinajstić information content (AvgIpc) is 2.64. The third-order valence-electron chi connectivity index (χ3n) is 4.40. The first-order valence-corrected chi connectivity index (χ1v) is 8.85. The van der Waals surface area contributed by atoms with Gasteiger partial charge in [-0.25, -0.2) is 9.18 Å². The maximum Gasteiger partial charge on any atom is 0.326 e. The van der Waals surface area contributed by atoms with E-state index in [2.05, 4.69) is 5.32 Å². The van der Waals surface area contributed by atoms with Gasteiger partial charge in [0.05, 0.1) is 5.56 Å². The fraction of sp³-hybridized carbons (Fsp3) is 0.286. The first-order valence-electron chi connectivity index (χ1n) is 8.85. The minimum absolute atomic E-state index is 0.0506. The second-order valence-electron chi connectivity index (χ2n) is 6.56. The van der Waals surface area contributed by atoms with Gasteiger partial charge in [-0.05, 0) is 37.1 Å². The van der Waals surface area contributed by atoms with Gasteiger partial charge < -0.3 is 15.3 Å². The van der Waals surface area contributed by atoms with Gasteiger partial charge in [0.15, 0.2) is 0 Å². The lowest BCUT2D eigenvalue weighted by molar-refractivity contribution is -0.141. The van der Waals surface area contributed by atoms with E-state index in [0.29, 0.717) is 5.56 Å². The lowest BCUT2D eigenvalue weighted by atomic mass is 10.0. The van der Waals surface area contributed by atoms with Gasteiger partial charge in [0, 0.05) is 20.0 Å². The van der Waals surface area contributed by atoms with Crippen LogP contribution in [0, 0.1) is 12.7 Å². The van der Waals surface area contributed by atoms with Crippen LogP contribution in [-0.2, 0) is 9.59 Å². The van der Waals surface area contributed by atoms with Crippen molar-refractivity contribution in [3.05, 3.63) is 59.4 Å². The highest BCUT2D eigenvalue weighted by molar-refractivity contribution is 5.97. The van der Waals surface area contributed by atoms with Crippen molar-refractivity contribution in [1.29, 1.82) is 0 Å². The Morgan fingerprint density at radius 3 is 2.25 bits per heavy atom. The predicted octanol–water partition coefficient (Wildman–Crippen LogP) is 2.85. The molecule has 0 bridgehead atoms. The molecule has 2 N–H and O–H groups in total. The molecule has 0 saturated carbocycles. The molecule has 0 aliphatic heterocycles. The first-order chi connectivity index (χ1) is 13.2. The lowest BCUT2D eigenvalue weighted by Crippen LogP contribution is -2.47. The summed E-state index contributed by atoms with van der Waals surface area (Å²) in [6.07, 6.45) is 0. The minimum Gasteiger partial charge on any atom is -0.480 e. The lowest BCUT2D eigenvalue weighted by Gasteiger charge is -2.27. The highest BCUT2D eigenvalue weighted by Crippen LogP contribution is 2.23. The van der Waals surface area contributed by atoms with Crippen LogP contribution >= 0.6 is 0 Å². The molecule has 2 rings (SSSR count). The summed E-state index contributed by atoms with van der Waals surface area (Å²) in [6, 6.07) is 10.6. The maximum absolute atomic E-state index is 14.7. The van der Waals surface area contributed by atoms with Gasteiger partial charge in [-0.1, -0.05) is 35.9 Å². The molecule has 2 aromatic carbocycles. The van der Waals surface area contributed by atoms with E-state index in [0.717, 1.165) is 16.0 Å². The number of aryl methyl sites for hydroxylation is 1. The molecule has 0 spiro atoms. The fourth-order valence-corrected chi connectivity index (χ4v) is 2.73. The number of rotatable bonds is 7. The number of carboxylic acids is 1. The van der Waals surface area contributed by atoms with E-state index < -0.39 is 23.7 Å². The summed E-state index contributed by atoms with van der Waals surface area (Å²) in [5.74, 6) is -2.99. The SMILES string of the molecule is CC(=O)NCCN(C(=O)c1ccc(-c2ccc(C)cc2)cc1F)C(C)C(=O)O. The Morgan fingerprint density at radius 1 is 1.11 bits per heavy atom. The van der Waals surface area contributed by atoms with Crippen LogP contribution in [0.2, 0.25) is 0 Å². The number of hydrogen-bond acceptors (Lipinski definition) is 3. The molecule has 0 radical (unpaired) electrons. The van der Waals surface area contributed by atoms with Gasteiger partial charge in [0.2, 0.25) is 5.91 Å². The summed E-state index contributed by atoms with van der Waals surface area (Å²) in [6.45, 7) is 4.63. The van der Waals surface area contributed by atoms with Gasteiger partial charge in [0.1, 0.15) is 11.9 Å². The van der Waals surface area contributed by atoms with Crippen LogP contribution in [-0.4, -0.2) is 46.9 Å². The predicted molar refractivity (Wildman–Crippen MR) is 103 cm³/mol. The zero-order valence-electron chi connectivity index (χ0n) is 16.0. The zero-order valence-corrected chi connectivity index (χ0v) is 16.0. The van der Waals surface area contributed by atoms with Crippen LogP contribution in [0.5, 0.6) is 0 Å². The van der Waals surface area contributed by atoms with E-state index >= 15 is 0 Å². The number of amides is 2. The number of nitrogens with zero attached hydrogens (tertiary/aromatic N) is 1. The molecule has 2 aromatic rings. The molecular formula is C21H23FN2O4. The molecule has 1 atom stereocenters. The van der Waals surface area contributed by atoms with E-state index in [9.17, 15) is 23.9 Å². The van der Waals surface area contributed by atoms with Crippen LogP contribution < -0.4 is 5.32 Å². The summed E-state index contributed by atoms with van der Waals surface area (Å²) in [4.78, 5) is 36.2. The van der Waals surface area contributed by atoms with Crippen LogP contribution in [0.15, 0.2) is 42.5 Å². The van der Waals surface area contributed by atoms with Crippen molar-refractivity contribution < 1.29 is 23.9 Å². The molecule has 28 heavy (non-hydrogen) atoms. The van der Waals surface area contributed by atoms with Crippen LogP contribution in [0.3, 0.4) is 0 Å². The second-order valence-corrected chi connectivity index (χ2v) is 6.56. The summed E-state index contributed by atoms with van der Waals surface area (Å²) in [7, 11) is 0. The van der Waals surface area contributed by atoms with Crippen molar-refractivity contribution >= 4 is 17.8 Å².